The van der Waals surface area contributed by atoms with Gasteiger partial charge in [0.1, 0.15) is 0 Å². The summed E-state index contributed by atoms with van der Waals surface area (Å²) >= 11 is 0. The van der Waals surface area contributed by atoms with Crippen LogP contribution in [0.5, 0.6) is 0 Å². The van der Waals surface area contributed by atoms with E-state index in [0.717, 1.165) is 65.0 Å². The van der Waals surface area contributed by atoms with Gasteiger partial charge in [-0.2, -0.15) is 0 Å². The lowest BCUT2D eigenvalue weighted by atomic mass is 9.91. The molecular weight excluding hydrogens is 280 g/mol. The van der Waals surface area contributed by atoms with Gasteiger partial charge in [-0.1, -0.05) is 0 Å². The standard InChI is InChI=1S/C16H28N4O2/c1-18-6-2-13(3-7-18)16(22)20-10-14(11-20)19-8-4-12(5-9-19)15(17)21/h12-14H,2-11H2,1H3,(H2,17,21). The minimum absolute atomic E-state index is 0.0493. The third kappa shape index (κ3) is 3.27. The first kappa shape index (κ1) is 15.7. The van der Waals surface area contributed by atoms with E-state index in [4.69, 9.17) is 5.73 Å². The van der Waals surface area contributed by atoms with Crippen molar-refractivity contribution in [3.8, 4) is 0 Å². The van der Waals surface area contributed by atoms with Gasteiger partial charge in [0.2, 0.25) is 11.8 Å². The summed E-state index contributed by atoms with van der Waals surface area (Å²) in [4.78, 5) is 30.4. The Balaban J connectivity index is 1.41. The summed E-state index contributed by atoms with van der Waals surface area (Å²) in [5.74, 6) is 0.481. The second kappa shape index (κ2) is 6.54. The molecule has 0 radical (unpaired) electrons. The van der Waals surface area contributed by atoms with Crippen molar-refractivity contribution >= 4 is 11.8 Å². The van der Waals surface area contributed by atoms with Crippen molar-refractivity contribution in [2.45, 2.75) is 31.7 Å². The molecule has 3 rings (SSSR count). The van der Waals surface area contributed by atoms with Crippen molar-refractivity contribution in [3.63, 3.8) is 0 Å². The third-order valence-electron chi connectivity index (χ3n) is 5.69. The van der Waals surface area contributed by atoms with E-state index in [0.29, 0.717) is 11.9 Å². The van der Waals surface area contributed by atoms with Crippen molar-refractivity contribution < 1.29 is 9.59 Å². The predicted octanol–water partition coefficient (Wildman–Crippen LogP) is -0.264. The fourth-order valence-electron chi connectivity index (χ4n) is 3.93. The van der Waals surface area contributed by atoms with Crippen LogP contribution in [0.15, 0.2) is 0 Å². The number of nitrogens with zero attached hydrogens (tertiary/aromatic N) is 3. The highest BCUT2D eigenvalue weighted by Crippen LogP contribution is 2.26. The summed E-state index contributed by atoms with van der Waals surface area (Å²) in [5, 5.41) is 0. The molecule has 124 valence electrons. The van der Waals surface area contributed by atoms with Gasteiger partial charge < -0.3 is 15.5 Å². The van der Waals surface area contributed by atoms with Gasteiger partial charge in [-0.05, 0) is 58.9 Å². The smallest absolute Gasteiger partial charge is 0.225 e. The normalized spacial score (nSPS) is 26.9. The molecule has 0 saturated carbocycles. The minimum atomic E-state index is -0.160. The molecule has 0 aromatic heterocycles. The van der Waals surface area contributed by atoms with E-state index in [9.17, 15) is 9.59 Å². The molecule has 6 nitrogen and oxygen atoms in total. The lowest BCUT2D eigenvalue weighted by Crippen LogP contribution is -2.63. The average molecular weight is 308 g/mol. The first-order chi connectivity index (χ1) is 10.5. The molecule has 0 aromatic carbocycles. The van der Waals surface area contributed by atoms with Gasteiger partial charge >= 0.3 is 0 Å². The Morgan fingerprint density at radius 1 is 0.909 bits per heavy atom. The van der Waals surface area contributed by atoms with Gasteiger partial charge in [-0.3, -0.25) is 14.5 Å². The number of nitrogens with two attached hydrogens (primary N) is 1. The zero-order chi connectivity index (χ0) is 15.7. The van der Waals surface area contributed by atoms with E-state index in [1.165, 1.54) is 0 Å². The summed E-state index contributed by atoms with van der Waals surface area (Å²) in [7, 11) is 2.12. The fraction of sp³-hybridized carbons (Fsp3) is 0.875. The number of hydrogen-bond acceptors (Lipinski definition) is 4. The van der Waals surface area contributed by atoms with E-state index in [-0.39, 0.29) is 17.7 Å². The average Bonchev–Trinajstić information content (AvgIpc) is 2.47. The van der Waals surface area contributed by atoms with Gasteiger partial charge in [0.15, 0.2) is 0 Å². The van der Waals surface area contributed by atoms with Gasteiger partial charge in [0.25, 0.3) is 0 Å². The molecule has 0 unspecified atom stereocenters. The number of hydrogen-bond donors (Lipinski definition) is 1. The van der Waals surface area contributed by atoms with Crippen LogP contribution in [-0.2, 0) is 9.59 Å². The molecule has 0 aliphatic carbocycles. The van der Waals surface area contributed by atoms with Crippen LogP contribution in [0.3, 0.4) is 0 Å². The van der Waals surface area contributed by atoms with E-state index >= 15 is 0 Å². The second-order valence-corrected chi connectivity index (χ2v) is 7.19. The van der Waals surface area contributed by atoms with Crippen molar-refractivity contribution in [3.05, 3.63) is 0 Å². The van der Waals surface area contributed by atoms with E-state index in [1.54, 1.807) is 0 Å². The molecule has 0 atom stereocenters. The highest BCUT2D eigenvalue weighted by Gasteiger charge is 2.39. The largest absolute Gasteiger partial charge is 0.369 e. The summed E-state index contributed by atoms with van der Waals surface area (Å²) < 4.78 is 0. The van der Waals surface area contributed by atoms with Crippen LogP contribution in [0.25, 0.3) is 0 Å². The van der Waals surface area contributed by atoms with Crippen LogP contribution in [0.1, 0.15) is 25.7 Å². The number of carbonyl (C=O) groups is 2. The predicted molar refractivity (Wildman–Crippen MR) is 84.1 cm³/mol. The molecular formula is C16H28N4O2. The maximum absolute atomic E-state index is 12.5. The summed E-state index contributed by atoms with van der Waals surface area (Å²) in [6.07, 6.45) is 3.74. The Labute approximate surface area is 132 Å². The summed E-state index contributed by atoms with van der Waals surface area (Å²) in [5.41, 5.74) is 5.38. The van der Waals surface area contributed by atoms with Crippen LogP contribution >= 0.6 is 0 Å². The number of amides is 2. The summed E-state index contributed by atoms with van der Waals surface area (Å²) in [6.45, 7) is 5.69. The molecule has 3 aliphatic rings. The van der Waals surface area contributed by atoms with Gasteiger partial charge in [0.05, 0.1) is 0 Å². The molecule has 0 bridgehead atoms. The van der Waals surface area contributed by atoms with Crippen molar-refractivity contribution in [2.24, 2.45) is 17.6 Å². The zero-order valence-corrected chi connectivity index (χ0v) is 13.5. The van der Waals surface area contributed by atoms with Crippen LogP contribution in [0, 0.1) is 11.8 Å². The fourth-order valence-corrected chi connectivity index (χ4v) is 3.93. The minimum Gasteiger partial charge on any atom is -0.369 e. The molecule has 2 amide bonds. The van der Waals surface area contributed by atoms with Gasteiger partial charge in [-0.25, -0.2) is 0 Å². The number of primary amides is 1. The maximum Gasteiger partial charge on any atom is 0.225 e. The third-order valence-corrected chi connectivity index (χ3v) is 5.69. The maximum atomic E-state index is 12.5. The molecule has 6 heteroatoms. The molecule has 3 heterocycles. The zero-order valence-electron chi connectivity index (χ0n) is 13.5. The molecule has 0 spiro atoms. The highest BCUT2D eigenvalue weighted by atomic mass is 16.2. The summed E-state index contributed by atoms with van der Waals surface area (Å²) in [6, 6.07) is 0.490. The first-order valence-corrected chi connectivity index (χ1v) is 8.55. The van der Waals surface area contributed by atoms with Crippen molar-refractivity contribution in [2.75, 3.05) is 46.3 Å². The van der Waals surface area contributed by atoms with Crippen LogP contribution in [-0.4, -0.2) is 78.9 Å². The monoisotopic (exact) mass is 308 g/mol. The Morgan fingerprint density at radius 2 is 1.45 bits per heavy atom. The Kier molecular flexibility index (Phi) is 4.68. The number of likely N-dealkylation sites (tertiary alicyclic amines) is 3. The SMILES string of the molecule is CN1CCC(C(=O)N2CC(N3CCC(C(N)=O)CC3)C2)CC1. The van der Waals surface area contributed by atoms with Gasteiger partial charge in [-0.15, -0.1) is 0 Å². The van der Waals surface area contributed by atoms with Crippen LogP contribution < -0.4 is 5.73 Å². The van der Waals surface area contributed by atoms with Crippen LogP contribution in [0.2, 0.25) is 0 Å². The van der Waals surface area contributed by atoms with Crippen molar-refractivity contribution in [1.82, 2.24) is 14.7 Å². The van der Waals surface area contributed by atoms with Gasteiger partial charge in [0, 0.05) is 31.0 Å². The topological polar surface area (TPSA) is 69.9 Å². The quantitative estimate of drug-likeness (QED) is 0.780. The number of carbonyl (C=O) groups excluding carboxylic acids is 2. The highest BCUT2D eigenvalue weighted by molar-refractivity contribution is 5.80. The van der Waals surface area contributed by atoms with Crippen molar-refractivity contribution in [1.29, 1.82) is 0 Å². The molecule has 3 fully saturated rings. The Morgan fingerprint density at radius 3 is 2.00 bits per heavy atom. The lowest BCUT2D eigenvalue weighted by Gasteiger charge is -2.48. The van der Waals surface area contributed by atoms with E-state index in [1.807, 2.05) is 4.90 Å². The molecule has 0 aromatic rings. The molecule has 22 heavy (non-hydrogen) atoms. The van der Waals surface area contributed by atoms with E-state index in [2.05, 4.69) is 16.8 Å². The lowest BCUT2D eigenvalue weighted by molar-refractivity contribution is -0.145. The Bertz CT molecular complexity index is 420. The molecule has 3 saturated heterocycles. The van der Waals surface area contributed by atoms with E-state index < -0.39 is 0 Å². The number of piperidine rings is 2. The Hall–Kier alpha value is -1.14. The second-order valence-electron chi connectivity index (χ2n) is 7.19. The molecule has 3 aliphatic heterocycles. The van der Waals surface area contributed by atoms with Crippen LogP contribution in [0.4, 0.5) is 0 Å². The first-order valence-electron chi connectivity index (χ1n) is 8.55. The molecule has 2 N–H and O–H groups in total. The number of rotatable bonds is 3.